The molecule has 0 saturated carbocycles. The first-order chi connectivity index (χ1) is 12.9. The number of para-hydroxylation sites is 1. The first-order valence-electron chi connectivity index (χ1n) is 9.12. The number of likely N-dealkylation sites (tertiary alicyclic amines) is 2. The summed E-state index contributed by atoms with van der Waals surface area (Å²) >= 11 is 0. The predicted molar refractivity (Wildman–Crippen MR) is 97.4 cm³/mol. The van der Waals surface area contributed by atoms with Gasteiger partial charge in [-0.25, -0.2) is 4.79 Å². The van der Waals surface area contributed by atoms with E-state index in [1.807, 2.05) is 30.3 Å². The second kappa shape index (κ2) is 7.85. The van der Waals surface area contributed by atoms with Gasteiger partial charge in [-0.1, -0.05) is 18.2 Å². The number of carbonyl (C=O) groups excluding carboxylic acids is 2. The van der Waals surface area contributed by atoms with E-state index in [1.165, 1.54) is 4.90 Å². The van der Waals surface area contributed by atoms with Gasteiger partial charge in [-0.2, -0.15) is 0 Å². The minimum Gasteiger partial charge on any atom is -0.492 e. The molecule has 1 aromatic rings. The fourth-order valence-corrected chi connectivity index (χ4v) is 3.45. The van der Waals surface area contributed by atoms with Gasteiger partial charge in [0, 0.05) is 26.1 Å². The van der Waals surface area contributed by atoms with Gasteiger partial charge in [0.05, 0.1) is 18.0 Å². The molecule has 2 fully saturated rings. The van der Waals surface area contributed by atoms with Crippen LogP contribution in [0, 0.1) is 5.41 Å². The maximum Gasteiger partial charge on any atom is 0.317 e. The third kappa shape index (κ3) is 4.50. The van der Waals surface area contributed by atoms with Crippen LogP contribution in [0.2, 0.25) is 0 Å². The van der Waals surface area contributed by atoms with E-state index in [2.05, 4.69) is 5.32 Å². The van der Waals surface area contributed by atoms with E-state index < -0.39 is 11.4 Å². The summed E-state index contributed by atoms with van der Waals surface area (Å²) in [6, 6.07) is 8.82. The number of hydrogen-bond acceptors (Lipinski definition) is 4. The highest BCUT2D eigenvalue weighted by atomic mass is 16.5. The Hall–Kier alpha value is -2.77. The summed E-state index contributed by atoms with van der Waals surface area (Å²) in [6.07, 6.45) is 0.684. The smallest absolute Gasteiger partial charge is 0.317 e. The monoisotopic (exact) mass is 375 g/mol. The summed E-state index contributed by atoms with van der Waals surface area (Å²) < 4.78 is 5.61. The molecule has 3 rings (SSSR count). The molecular weight excluding hydrogens is 350 g/mol. The van der Waals surface area contributed by atoms with Crippen molar-refractivity contribution in [2.24, 2.45) is 5.41 Å². The molecule has 1 aromatic carbocycles. The second-order valence-electron chi connectivity index (χ2n) is 7.39. The third-order valence-electron chi connectivity index (χ3n) is 5.19. The number of rotatable bonds is 6. The number of benzene rings is 1. The molecule has 0 radical (unpaired) electrons. The van der Waals surface area contributed by atoms with E-state index >= 15 is 0 Å². The maximum absolute atomic E-state index is 12.4. The molecule has 2 saturated heterocycles. The van der Waals surface area contributed by atoms with Crippen molar-refractivity contribution in [3.05, 3.63) is 30.3 Å². The van der Waals surface area contributed by atoms with Crippen molar-refractivity contribution in [3.63, 3.8) is 0 Å². The van der Waals surface area contributed by atoms with Crippen molar-refractivity contribution in [1.82, 2.24) is 15.1 Å². The van der Waals surface area contributed by atoms with Crippen LogP contribution in [0.15, 0.2) is 30.3 Å². The molecule has 0 spiro atoms. The van der Waals surface area contributed by atoms with Gasteiger partial charge in [-0.3, -0.25) is 9.59 Å². The van der Waals surface area contributed by atoms with Gasteiger partial charge in [0.2, 0.25) is 5.91 Å². The minimum absolute atomic E-state index is 0.0197. The highest BCUT2D eigenvalue weighted by Gasteiger charge is 2.43. The lowest BCUT2D eigenvalue weighted by molar-refractivity contribution is -0.147. The Morgan fingerprint density at radius 2 is 2.07 bits per heavy atom. The van der Waals surface area contributed by atoms with E-state index in [1.54, 1.807) is 11.8 Å². The van der Waals surface area contributed by atoms with Crippen LogP contribution in [0.3, 0.4) is 0 Å². The van der Waals surface area contributed by atoms with Gasteiger partial charge in [0.15, 0.2) is 0 Å². The molecule has 2 N–H and O–H groups in total. The normalized spacial score (nSPS) is 24.9. The summed E-state index contributed by atoms with van der Waals surface area (Å²) in [7, 11) is 0. The Balaban J connectivity index is 1.43. The van der Waals surface area contributed by atoms with Crippen LogP contribution in [-0.4, -0.2) is 71.6 Å². The highest BCUT2D eigenvalue weighted by Crippen LogP contribution is 2.30. The summed E-state index contributed by atoms with van der Waals surface area (Å²) in [5, 5.41) is 12.1. The molecule has 2 aliphatic rings. The van der Waals surface area contributed by atoms with Crippen LogP contribution in [0.25, 0.3) is 0 Å². The number of nitrogens with zero attached hydrogens (tertiary/aromatic N) is 2. The molecule has 27 heavy (non-hydrogen) atoms. The Morgan fingerprint density at radius 3 is 2.74 bits per heavy atom. The number of carboxylic acid groups (broad SMARTS) is 1. The van der Waals surface area contributed by atoms with Gasteiger partial charge < -0.3 is 25.0 Å². The molecule has 3 amide bonds. The van der Waals surface area contributed by atoms with Crippen LogP contribution in [0.1, 0.15) is 19.8 Å². The fraction of sp³-hybridized carbons (Fsp3) is 0.526. The molecule has 0 aromatic heterocycles. The van der Waals surface area contributed by atoms with Gasteiger partial charge >= 0.3 is 12.0 Å². The number of hydrogen-bond donors (Lipinski definition) is 2. The van der Waals surface area contributed by atoms with Crippen LogP contribution in [-0.2, 0) is 9.59 Å². The lowest BCUT2D eigenvalue weighted by atomic mass is 9.90. The standard InChI is InChI=1S/C19H25N3O5/c1-19(17(24)25)7-8-22(13-19)18(26)20-14-11-16(23)21(12-14)9-10-27-15-5-3-2-4-6-15/h2-6,14H,7-13H2,1H3,(H,20,26)(H,24,25). The Kier molecular flexibility index (Phi) is 5.53. The Morgan fingerprint density at radius 1 is 1.33 bits per heavy atom. The third-order valence-corrected chi connectivity index (χ3v) is 5.19. The number of ether oxygens (including phenoxy) is 1. The van der Waals surface area contributed by atoms with Gasteiger partial charge in [0.1, 0.15) is 12.4 Å². The van der Waals surface area contributed by atoms with E-state index in [0.29, 0.717) is 32.7 Å². The molecule has 0 aliphatic carbocycles. The molecular formula is C19H25N3O5. The first kappa shape index (κ1) is 19.0. The number of nitrogens with one attached hydrogen (secondary N) is 1. The van der Waals surface area contributed by atoms with Crippen molar-refractivity contribution in [2.75, 3.05) is 32.8 Å². The Labute approximate surface area is 158 Å². The van der Waals surface area contributed by atoms with Crippen molar-refractivity contribution < 1.29 is 24.2 Å². The number of carbonyl (C=O) groups is 3. The lowest BCUT2D eigenvalue weighted by Gasteiger charge is -2.22. The molecule has 8 heteroatoms. The Bertz CT molecular complexity index is 711. The zero-order chi connectivity index (χ0) is 19.4. The molecule has 146 valence electrons. The van der Waals surface area contributed by atoms with E-state index in [0.717, 1.165) is 5.75 Å². The molecule has 2 aliphatic heterocycles. The average Bonchev–Trinajstić information content (AvgIpc) is 3.20. The number of aliphatic carboxylic acids is 1. The summed E-state index contributed by atoms with van der Waals surface area (Å²) in [5.74, 6) is -0.156. The largest absolute Gasteiger partial charge is 0.492 e. The van der Waals surface area contributed by atoms with Crippen molar-refractivity contribution in [2.45, 2.75) is 25.8 Å². The average molecular weight is 375 g/mol. The molecule has 0 bridgehead atoms. The zero-order valence-corrected chi connectivity index (χ0v) is 15.4. The van der Waals surface area contributed by atoms with Gasteiger partial charge in [-0.05, 0) is 25.5 Å². The maximum atomic E-state index is 12.4. The molecule has 2 heterocycles. The van der Waals surface area contributed by atoms with E-state index in [9.17, 15) is 19.5 Å². The summed E-state index contributed by atoms with van der Waals surface area (Å²) in [6.45, 7) is 3.52. The minimum atomic E-state index is -0.899. The van der Waals surface area contributed by atoms with Crippen LogP contribution < -0.4 is 10.1 Å². The number of carboxylic acids is 1. The van der Waals surface area contributed by atoms with Crippen molar-refractivity contribution in [1.29, 1.82) is 0 Å². The van der Waals surface area contributed by atoms with Crippen LogP contribution in [0.4, 0.5) is 4.79 Å². The summed E-state index contributed by atoms with van der Waals surface area (Å²) in [5.41, 5.74) is -0.899. The van der Waals surface area contributed by atoms with Crippen molar-refractivity contribution >= 4 is 17.9 Å². The van der Waals surface area contributed by atoms with Gasteiger partial charge in [-0.15, -0.1) is 0 Å². The van der Waals surface area contributed by atoms with Gasteiger partial charge in [0.25, 0.3) is 0 Å². The highest BCUT2D eigenvalue weighted by molar-refractivity contribution is 5.82. The number of amides is 3. The SMILES string of the molecule is CC1(C(=O)O)CCN(C(=O)NC2CC(=O)N(CCOc3ccccc3)C2)C1. The molecule has 8 nitrogen and oxygen atoms in total. The van der Waals surface area contributed by atoms with Crippen LogP contribution >= 0.6 is 0 Å². The van der Waals surface area contributed by atoms with E-state index in [4.69, 9.17) is 4.74 Å². The zero-order valence-electron chi connectivity index (χ0n) is 15.4. The quantitative estimate of drug-likeness (QED) is 0.778. The summed E-state index contributed by atoms with van der Waals surface area (Å²) in [4.78, 5) is 39.0. The fourth-order valence-electron chi connectivity index (χ4n) is 3.45. The van der Waals surface area contributed by atoms with Crippen molar-refractivity contribution in [3.8, 4) is 5.75 Å². The predicted octanol–water partition coefficient (Wildman–Crippen LogP) is 1.17. The molecule has 2 atom stereocenters. The number of urea groups is 1. The van der Waals surface area contributed by atoms with Crippen LogP contribution in [0.5, 0.6) is 5.75 Å². The van der Waals surface area contributed by atoms with E-state index in [-0.39, 0.29) is 30.9 Å². The molecule has 2 unspecified atom stereocenters. The lowest BCUT2D eigenvalue weighted by Crippen LogP contribution is -2.46. The first-order valence-corrected chi connectivity index (χ1v) is 9.12. The second-order valence-corrected chi connectivity index (χ2v) is 7.39. The topological polar surface area (TPSA) is 99.2 Å².